The third kappa shape index (κ3) is 3.99. The van der Waals surface area contributed by atoms with Crippen molar-refractivity contribution in [2.45, 2.75) is 6.92 Å². The van der Waals surface area contributed by atoms with Crippen LogP contribution in [-0.4, -0.2) is 11.9 Å². The number of cyclic esters (lactones) is 1. The molecule has 3 heteroatoms. The first-order valence-corrected chi connectivity index (χ1v) is 9.11. The summed E-state index contributed by atoms with van der Waals surface area (Å²) >= 11 is 0. The molecule has 0 aliphatic carbocycles. The van der Waals surface area contributed by atoms with E-state index in [1.807, 2.05) is 85.8 Å². The van der Waals surface area contributed by atoms with Crippen molar-refractivity contribution in [3.05, 3.63) is 113 Å². The average molecular weight is 365 g/mol. The molecule has 3 aromatic carbocycles. The Bertz CT molecular complexity index is 1080. The van der Waals surface area contributed by atoms with E-state index in [0.717, 1.165) is 27.8 Å². The van der Waals surface area contributed by atoms with Crippen LogP contribution in [0.25, 0.3) is 17.2 Å². The Hall–Kier alpha value is -3.72. The van der Waals surface area contributed by atoms with Crippen molar-refractivity contribution in [2.24, 2.45) is 4.99 Å². The Balaban J connectivity index is 1.56. The summed E-state index contributed by atoms with van der Waals surface area (Å²) in [4.78, 5) is 16.6. The molecule has 0 radical (unpaired) electrons. The third-order valence-corrected chi connectivity index (χ3v) is 4.42. The number of carbonyl (C=O) groups is 1. The van der Waals surface area contributed by atoms with Gasteiger partial charge in [-0.05, 0) is 47.4 Å². The number of nitrogens with zero attached hydrogens (tertiary/aromatic N) is 1. The molecule has 4 rings (SSSR count). The molecule has 28 heavy (non-hydrogen) atoms. The minimum atomic E-state index is -0.428. The summed E-state index contributed by atoms with van der Waals surface area (Å²) < 4.78 is 5.37. The van der Waals surface area contributed by atoms with Gasteiger partial charge >= 0.3 is 5.97 Å². The smallest absolute Gasteiger partial charge is 0.363 e. The number of carbonyl (C=O) groups excluding carboxylic acids is 1. The second-order valence-electron chi connectivity index (χ2n) is 6.58. The van der Waals surface area contributed by atoms with Crippen molar-refractivity contribution in [3.8, 4) is 11.1 Å². The Morgan fingerprint density at radius 1 is 0.786 bits per heavy atom. The van der Waals surface area contributed by atoms with E-state index in [9.17, 15) is 4.79 Å². The fraction of sp³-hybridized carbons (Fsp3) is 0.0400. The van der Waals surface area contributed by atoms with E-state index in [2.05, 4.69) is 17.1 Å². The summed E-state index contributed by atoms with van der Waals surface area (Å²) in [7, 11) is 0. The second-order valence-corrected chi connectivity index (χ2v) is 6.58. The van der Waals surface area contributed by atoms with Gasteiger partial charge in [-0.2, -0.15) is 0 Å². The molecule has 0 saturated carbocycles. The fourth-order valence-corrected chi connectivity index (χ4v) is 3.04. The highest BCUT2D eigenvalue weighted by Crippen LogP contribution is 2.22. The van der Waals surface area contributed by atoms with E-state index in [1.165, 1.54) is 0 Å². The maximum absolute atomic E-state index is 12.2. The molecule has 0 atom stereocenters. The SMILES string of the molecule is CC(/C=C1\N=C(c2ccc(-c3ccccc3)cc2)OC1=O)=C\c1ccccc1. The highest BCUT2D eigenvalue weighted by Gasteiger charge is 2.24. The number of allylic oxidation sites excluding steroid dienone is 2. The molecule has 1 aliphatic rings. The summed E-state index contributed by atoms with van der Waals surface area (Å²) in [5, 5.41) is 0. The van der Waals surface area contributed by atoms with E-state index >= 15 is 0 Å². The number of ether oxygens (including phenoxy) is 1. The number of hydrogen-bond acceptors (Lipinski definition) is 3. The van der Waals surface area contributed by atoms with Crippen molar-refractivity contribution in [1.82, 2.24) is 0 Å². The predicted molar refractivity (Wildman–Crippen MR) is 113 cm³/mol. The quantitative estimate of drug-likeness (QED) is 0.443. The molecule has 3 aromatic rings. The topological polar surface area (TPSA) is 38.7 Å². The maximum Gasteiger partial charge on any atom is 0.363 e. The highest BCUT2D eigenvalue weighted by molar-refractivity contribution is 6.11. The molecule has 1 aliphatic heterocycles. The lowest BCUT2D eigenvalue weighted by atomic mass is 10.0. The van der Waals surface area contributed by atoms with Gasteiger partial charge in [0.25, 0.3) is 0 Å². The summed E-state index contributed by atoms with van der Waals surface area (Å²) in [6, 6.07) is 27.9. The largest absolute Gasteiger partial charge is 0.402 e. The van der Waals surface area contributed by atoms with Crippen LogP contribution >= 0.6 is 0 Å². The van der Waals surface area contributed by atoms with Crippen LogP contribution in [0.1, 0.15) is 18.1 Å². The van der Waals surface area contributed by atoms with E-state index in [1.54, 1.807) is 6.08 Å². The molecule has 1 heterocycles. The van der Waals surface area contributed by atoms with Crippen LogP contribution in [0.15, 0.2) is 107 Å². The molecule has 0 unspecified atom stereocenters. The minimum Gasteiger partial charge on any atom is -0.402 e. The first-order chi connectivity index (χ1) is 13.7. The number of benzene rings is 3. The Morgan fingerprint density at radius 3 is 2.04 bits per heavy atom. The normalized spacial score (nSPS) is 15.5. The Morgan fingerprint density at radius 2 is 1.36 bits per heavy atom. The van der Waals surface area contributed by atoms with Gasteiger partial charge < -0.3 is 4.74 Å². The molecule has 0 amide bonds. The molecule has 0 saturated heterocycles. The number of rotatable bonds is 4. The van der Waals surface area contributed by atoms with Gasteiger partial charge in [0, 0.05) is 5.56 Å². The predicted octanol–water partition coefficient (Wildman–Crippen LogP) is 5.64. The van der Waals surface area contributed by atoms with Gasteiger partial charge in [0.05, 0.1) is 0 Å². The molecular weight excluding hydrogens is 346 g/mol. The number of aliphatic imine (C=N–C) groups is 1. The van der Waals surface area contributed by atoms with Crippen molar-refractivity contribution in [1.29, 1.82) is 0 Å². The van der Waals surface area contributed by atoms with E-state index < -0.39 is 5.97 Å². The van der Waals surface area contributed by atoms with Crippen LogP contribution in [0.2, 0.25) is 0 Å². The van der Waals surface area contributed by atoms with E-state index in [4.69, 9.17) is 4.74 Å². The molecule has 136 valence electrons. The van der Waals surface area contributed by atoms with E-state index in [-0.39, 0.29) is 0 Å². The standard InChI is InChI=1S/C25H19NO2/c1-18(16-19-8-4-2-5-9-19)17-23-25(27)28-24(26-23)22-14-12-21(13-15-22)20-10-6-3-7-11-20/h2-17H,1H3/b18-16+,23-17-. The Kier molecular flexibility index (Phi) is 4.98. The lowest BCUT2D eigenvalue weighted by Gasteiger charge is -2.03. The van der Waals surface area contributed by atoms with Crippen LogP contribution < -0.4 is 0 Å². The molecule has 3 nitrogen and oxygen atoms in total. The molecule has 0 N–H and O–H groups in total. The summed E-state index contributed by atoms with van der Waals surface area (Å²) in [6.45, 7) is 1.94. The van der Waals surface area contributed by atoms with Gasteiger partial charge in [0.2, 0.25) is 5.90 Å². The highest BCUT2D eigenvalue weighted by atomic mass is 16.6. The van der Waals surface area contributed by atoms with Gasteiger partial charge in [-0.1, -0.05) is 78.9 Å². The van der Waals surface area contributed by atoms with Crippen molar-refractivity contribution in [3.63, 3.8) is 0 Å². The lowest BCUT2D eigenvalue weighted by Crippen LogP contribution is -2.05. The van der Waals surface area contributed by atoms with Gasteiger partial charge in [-0.15, -0.1) is 0 Å². The number of hydrogen-bond donors (Lipinski definition) is 0. The van der Waals surface area contributed by atoms with Crippen molar-refractivity contribution >= 4 is 17.9 Å². The zero-order valence-electron chi connectivity index (χ0n) is 15.5. The first kappa shape index (κ1) is 17.7. The molecule has 0 spiro atoms. The molecular formula is C25H19NO2. The van der Waals surface area contributed by atoms with Crippen molar-refractivity contribution in [2.75, 3.05) is 0 Å². The Labute approximate surface area is 164 Å². The lowest BCUT2D eigenvalue weighted by molar-refractivity contribution is -0.130. The van der Waals surface area contributed by atoms with Crippen LogP contribution in [0.4, 0.5) is 0 Å². The van der Waals surface area contributed by atoms with Gasteiger partial charge in [0.1, 0.15) is 0 Å². The van der Waals surface area contributed by atoms with Crippen LogP contribution in [0.3, 0.4) is 0 Å². The van der Waals surface area contributed by atoms with Gasteiger partial charge in [-0.25, -0.2) is 9.79 Å². The van der Waals surface area contributed by atoms with Crippen LogP contribution in [-0.2, 0) is 9.53 Å². The van der Waals surface area contributed by atoms with Crippen molar-refractivity contribution < 1.29 is 9.53 Å². The maximum atomic E-state index is 12.2. The van der Waals surface area contributed by atoms with E-state index in [0.29, 0.717) is 11.6 Å². The zero-order chi connectivity index (χ0) is 19.3. The van der Waals surface area contributed by atoms with Crippen LogP contribution in [0.5, 0.6) is 0 Å². The van der Waals surface area contributed by atoms with Gasteiger partial charge in [-0.3, -0.25) is 0 Å². The van der Waals surface area contributed by atoms with Crippen LogP contribution in [0, 0.1) is 0 Å². The fourth-order valence-electron chi connectivity index (χ4n) is 3.04. The zero-order valence-corrected chi connectivity index (χ0v) is 15.5. The summed E-state index contributed by atoms with van der Waals surface area (Å²) in [5.74, 6) is -0.0914. The number of esters is 1. The molecule has 0 aromatic heterocycles. The monoisotopic (exact) mass is 365 g/mol. The third-order valence-electron chi connectivity index (χ3n) is 4.42. The second kappa shape index (κ2) is 7.89. The molecule has 0 bridgehead atoms. The summed E-state index contributed by atoms with van der Waals surface area (Å²) in [6.07, 6.45) is 3.75. The first-order valence-electron chi connectivity index (χ1n) is 9.11. The minimum absolute atomic E-state index is 0.312. The summed E-state index contributed by atoms with van der Waals surface area (Å²) in [5.41, 5.74) is 5.34. The van der Waals surface area contributed by atoms with Gasteiger partial charge in [0.15, 0.2) is 5.70 Å². The average Bonchev–Trinajstić information content (AvgIpc) is 3.09. The molecule has 0 fully saturated rings.